The molecule has 1 saturated heterocycles. The average molecular weight is 501 g/mol. The molecule has 0 aromatic heterocycles. The minimum atomic E-state index is -0.372. The highest BCUT2D eigenvalue weighted by atomic mass is 32.2. The number of hydrogen-bond acceptors (Lipinski definition) is 5. The molecule has 0 unspecified atom stereocenters. The van der Waals surface area contributed by atoms with Gasteiger partial charge < -0.3 is 14.6 Å². The van der Waals surface area contributed by atoms with Crippen molar-refractivity contribution in [2.24, 2.45) is 0 Å². The molecule has 36 heavy (non-hydrogen) atoms. The van der Waals surface area contributed by atoms with Gasteiger partial charge in [-0.15, -0.1) is 0 Å². The molecule has 2 N–H and O–H groups in total. The third-order valence-corrected chi connectivity index (χ3v) is 7.31. The van der Waals surface area contributed by atoms with E-state index in [1.165, 1.54) is 22.9 Å². The second-order valence-corrected chi connectivity index (χ2v) is 11.4. The lowest BCUT2D eigenvalue weighted by Gasteiger charge is -2.44. The topological polar surface area (TPSA) is 54.3 Å². The highest BCUT2D eigenvalue weighted by Crippen LogP contribution is 2.40. The molecular formula is C30H37BN2O2S. The molecule has 2 aromatic rings. The van der Waals surface area contributed by atoms with Crippen LogP contribution in [0.25, 0.3) is 0 Å². The molecule has 1 fully saturated rings. The molecule has 0 amide bonds. The largest absolute Gasteiger partial charge is 0.494 e. The van der Waals surface area contributed by atoms with Gasteiger partial charge in [0.25, 0.3) is 0 Å². The molecule has 0 spiro atoms. The maximum atomic E-state index is 8.64. The van der Waals surface area contributed by atoms with Gasteiger partial charge in [-0.3, -0.25) is 5.41 Å². The first kappa shape index (κ1) is 26.5. The summed E-state index contributed by atoms with van der Waals surface area (Å²) in [6.07, 6.45) is 12.9. The summed E-state index contributed by atoms with van der Waals surface area (Å²) in [6.45, 7) is 12.5. The van der Waals surface area contributed by atoms with Crippen LogP contribution < -0.4 is 10.8 Å². The number of rotatable bonds is 3. The lowest BCUT2D eigenvalue weighted by Crippen LogP contribution is -2.56. The van der Waals surface area contributed by atoms with Gasteiger partial charge >= 0.3 is 7.12 Å². The van der Waals surface area contributed by atoms with Crippen molar-refractivity contribution >= 4 is 40.8 Å². The number of allylic oxidation sites excluding steroid dienone is 5. The molecule has 2 heterocycles. The predicted molar refractivity (Wildman–Crippen MR) is 155 cm³/mol. The second kappa shape index (κ2) is 10.8. The SMILES string of the molecule is CC.CC1(C)CC(C)(C)OB(c2ccc3c(c2)Cc2cccc(SC(=N)C4=CC=CCC=C4)c2N3)O1. The van der Waals surface area contributed by atoms with Gasteiger partial charge in [0, 0.05) is 29.0 Å². The lowest BCUT2D eigenvalue weighted by atomic mass is 9.72. The third kappa shape index (κ3) is 6.05. The van der Waals surface area contributed by atoms with Crippen LogP contribution in [-0.4, -0.2) is 23.4 Å². The lowest BCUT2D eigenvalue weighted by molar-refractivity contribution is -0.0716. The fraction of sp³-hybridized carbons (Fsp3) is 0.367. The smallest absolute Gasteiger partial charge is 0.402 e. The number of fused-ring (bicyclic) bond motifs is 2. The van der Waals surface area contributed by atoms with Crippen LogP contribution in [0.5, 0.6) is 0 Å². The van der Waals surface area contributed by atoms with Crippen molar-refractivity contribution in [2.75, 3.05) is 5.32 Å². The Hall–Kier alpha value is -2.54. The van der Waals surface area contributed by atoms with Crippen molar-refractivity contribution in [3.8, 4) is 0 Å². The molecule has 0 bridgehead atoms. The van der Waals surface area contributed by atoms with E-state index in [9.17, 15) is 0 Å². The van der Waals surface area contributed by atoms with E-state index in [4.69, 9.17) is 14.7 Å². The van der Waals surface area contributed by atoms with E-state index in [0.29, 0.717) is 5.04 Å². The number of para-hydroxylation sites is 1. The van der Waals surface area contributed by atoms with Gasteiger partial charge in [-0.2, -0.15) is 0 Å². The zero-order valence-electron chi connectivity index (χ0n) is 22.3. The van der Waals surface area contributed by atoms with Crippen LogP contribution in [0.2, 0.25) is 0 Å². The van der Waals surface area contributed by atoms with E-state index >= 15 is 0 Å². The average Bonchev–Trinajstić information content (AvgIpc) is 3.12. The Morgan fingerprint density at radius 1 is 1.00 bits per heavy atom. The summed E-state index contributed by atoms with van der Waals surface area (Å²) >= 11 is 1.50. The van der Waals surface area contributed by atoms with Gasteiger partial charge in [0.1, 0.15) is 0 Å². The molecule has 1 aliphatic carbocycles. The summed E-state index contributed by atoms with van der Waals surface area (Å²) in [7, 11) is -0.372. The minimum absolute atomic E-state index is 0.235. The van der Waals surface area contributed by atoms with Crippen LogP contribution in [0, 0.1) is 5.41 Å². The van der Waals surface area contributed by atoms with E-state index in [2.05, 4.69) is 81.6 Å². The van der Waals surface area contributed by atoms with Gasteiger partial charge in [-0.05, 0) is 62.8 Å². The highest BCUT2D eigenvalue weighted by molar-refractivity contribution is 8.14. The standard InChI is InChI=1S/C28H31BN2O2S.C2H6/c1-27(2)18-28(3,4)33-29(32-27)22-14-15-23-21(17-22)16-20-12-9-13-24(25(20)31-23)34-26(30)19-10-7-5-6-8-11-19;1-2/h5,7-15,17,30-31H,6,16,18H2,1-4H3;1-2H3. The number of thioether (sulfide) groups is 1. The van der Waals surface area contributed by atoms with Crippen LogP contribution in [0.1, 0.15) is 65.5 Å². The van der Waals surface area contributed by atoms with E-state index < -0.39 is 0 Å². The molecule has 188 valence electrons. The van der Waals surface area contributed by atoms with Gasteiger partial charge in [0.2, 0.25) is 0 Å². The van der Waals surface area contributed by atoms with Gasteiger partial charge in [-0.1, -0.05) is 80.3 Å². The zero-order valence-corrected chi connectivity index (χ0v) is 23.1. The first-order valence-electron chi connectivity index (χ1n) is 12.9. The highest BCUT2D eigenvalue weighted by Gasteiger charge is 2.43. The van der Waals surface area contributed by atoms with Crippen LogP contribution in [0.4, 0.5) is 11.4 Å². The normalized spacial score (nSPS) is 19.1. The molecule has 2 aromatic carbocycles. The third-order valence-electron chi connectivity index (χ3n) is 6.31. The molecule has 4 nitrogen and oxygen atoms in total. The van der Waals surface area contributed by atoms with Crippen LogP contribution in [0.3, 0.4) is 0 Å². The Kier molecular flexibility index (Phi) is 7.98. The first-order chi connectivity index (χ1) is 17.2. The summed E-state index contributed by atoms with van der Waals surface area (Å²) in [4.78, 5) is 1.07. The fourth-order valence-corrected chi connectivity index (χ4v) is 5.97. The van der Waals surface area contributed by atoms with Crippen LogP contribution in [0.15, 0.2) is 77.2 Å². The van der Waals surface area contributed by atoms with Gasteiger partial charge in [0.15, 0.2) is 0 Å². The Labute approximate surface area is 220 Å². The van der Waals surface area contributed by atoms with Crippen molar-refractivity contribution in [2.45, 2.75) is 76.9 Å². The molecule has 5 rings (SSSR count). The monoisotopic (exact) mass is 500 g/mol. The van der Waals surface area contributed by atoms with Crippen molar-refractivity contribution in [3.63, 3.8) is 0 Å². The summed E-state index contributed by atoms with van der Waals surface area (Å²) in [5.74, 6) is 0. The van der Waals surface area contributed by atoms with Crippen molar-refractivity contribution in [1.29, 1.82) is 5.41 Å². The quantitative estimate of drug-likeness (QED) is 0.169. The molecule has 0 radical (unpaired) electrons. The van der Waals surface area contributed by atoms with E-state index in [0.717, 1.165) is 46.6 Å². The summed E-state index contributed by atoms with van der Waals surface area (Å²) in [5, 5.41) is 12.8. The maximum absolute atomic E-state index is 8.64. The number of hydrogen-bond donors (Lipinski definition) is 2. The van der Waals surface area contributed by atoms with E-state index in [1.54, 1.807) is 0 Å². The van der Waals surface area contributed by atoms with Crippen molar-refractivity contribution in [1.82, 2.24) is 0 Å². The van der Waals surface area contributed by atoms with E-state index in [1.807, 2.05) is 32.1 Å². The summed E-state index contributed by atoms with van der Waals surface area (Å²) in [6, 6.07) is 12.8. The number of nitrogens with one attached hydrogen (secondary N) is 2. The second-order valence-electron chi connectivity index (χ2n) is 10.4. The Bertz CT molecular complexity index is 1210. The molecule has 0 atom stereocenters. The number of benzene rings is 2. The summed E-state index contributed by atoms with van der Waals surface area (Å²) in [5.41, 5.74) is 6.19. The van der Waals surface area contributed by atoms with Gasteiger partial charge in [-0.25, -0.2) is 0 Å². The molecular weight excluding hydrogens is 463 g/mol. The van der Waals surface area contributed by atoms with E-state index in [-0.39, 0.29) is 18.3 Å². The summed E-state index contributed by atoms with van der Waals surface area (Å²) < 4.78 is 12.6. The van der Waals surface area contributed by atoms with Crippen LogP contribution >= 0.6 is 11.8 Å². The Balaban J connectivity index is 0.00000148. The predicted octanol–water partition coefficient (Wildman–Crippen LogP) is 7.56. The Morgan fingerprint density at radius 2 is 1.75 bits per heavy atom. The number of anilines is 2. The molecule has 2 aliphatic heterocycles. The molecule has 0 saturated carbocycles. The Morgan fingerprint density at radius 3 is 2.50 bits per heavy atom. The van der Waals surface area contributed by atoms with Gasteiger partial charge in [0.05, 0.1) is 21.9 Å². The maximum Gasteiger partial charge on any atom is 0.494 e. The zero-order chi connectivity index (χ0) is 25.9. The molecule has 3 aliphatic rings. The van der Waals surface area contributed by atoms with Crippen molar-refractivity contribution in [3.05, 3.63) is 83.5 Å². The molecule has 6 heteroatoms. The first-order valence-corrected chi connectivity index (χ1v) is 13.7. The van der Waals surface area contributed by atoms with Crippen molar-refractivity contribution < 1.29 is 9.31 Å². The fourth-order valence-electron chi connectivity index (χ4n) is 5.07. The van der Waals surface area contributed by atoms with Crippen LogP contribution in [-0.2, 0) is 15.7 Å². The minimum Gasteiger partial charge on any atom is -0.402 e.